The summed E-state index contributed by atoms with van der Waals surface area (Å²) in [6.45, 7) is 2.65. The van der Waals surface area contributed by atoms with Crippen LogP contribution in [0, 0.1) is 11.3 Å². The van der Waals surface area contributed by atoms with Crippen LogP contribution >= 0.6 is 0 Å². The Morgan fingerprint density at radius 2 is 1.70 bits per heavy atom. The molecule has 0 fully saturated rings. The van der Waals surface area contributed by atoms with Crippen molar-refractivity contribution < 1.29 is 4.74 Å². The smallest absolute Gasteiger partial charge is 0.205 e. The fraction of sp³-hybridized carbons (Fsp3) is 0.238. The summed E-state index contributed by atoms with van der Waals surface area (Å²) in [6.07, 6.45) is 5.52. The topological polar surface area (TPSA) is 33.0 Å². The number of rotatable bonds is 7. The molecule has 2 nitrogen and oxygen atoms in total. The second-order valence-corrected chi connectivity index (χ2v) is 5.28. The maximum absolute atomic E-state index is 9.77. The summed E-state index contributed by atoms with van der Waals surface area (Å²) >= 11 is 0. The highest BCUT2D eigenvalue weighted by Gasteiger charge is 2.30. The van der Waals surface area contributed by atoms with Crippen molar-refractivity contribution in [2.75, 3.05) is 6.61 Å². The zero-order valence-corrected chi connectivity index (χ0v) is 13.4. The van der Waals surface area contributed by atoms with Gasteiger partial charge in [-0.25, -0.2) is 0 Å². The molecule has 2 rings (SSSR count). The summed E-state index contributed by atoms with van der Waals surface area (Å²) < 4.78 is 5.94. The number of hydrogen-bond donors (Lipinski definition) is 0. The fourth-order valence-corrected chi connectivity index (χ4v) is 2.21. The van der Waals surface area contributed by atoms with Crippen LogP contribution in [0.15, 0.2) is 72.5 Å². The van der Waals surface area contributed by atoms with Crippen molar-refractivity contribution >= 4 is 6.08 Å². The average molecular weight is 303 g/mol. The molecule has 0 saturated heterocycles. The molecule has 1 unspecified atom stereocenters. The van der Waals surface area contributed by atoms with Crippen LogP contribution < -0.4 is 0 Å². The first-order valence-electron chi connectivity index (χ1n) is 7.90. The van der Waals surface area contributed by atoms with E-state index < -0.39 is 5.60 Å². The van der Waals surface area contributed by atoms with Crippen LogP contribution in [0.5, 0.6) is 0 Å². The molecule has 2 aromatic carbocycles. The minimum absolute atomic E-state index is 0.544. The van der Waals surface area contributed by atoms with Gasteiger partial charge in [0, 0.05) is 18.2 Å². The lowest BCUT2D eigenvalue weighted by atomic mass is 9.94. The molecule has 0 aliphatic carbocycles. The summed E-state index contributed by atoms with van der Waals surface area (Å²) in [5, 5.41) is 9.77. The molecule has 1 atom stereocenters. The summed E-state index contributed by atoms with van der Waals surface area (Å²) in [6, 6.07) is 21.8. The highest BCUT2D eigenvalue weighted by atomic mass is 16.5. The van der Waals surface area contributed by atoms with Crippen molar-refractivity contribution in [3.05, 3.63) is 83.6 Å². The van der Waals surface area contributed by atoms with Crippen molar-refractivity contribution in [2.45, 2.75) is 25.4 Å². The monoisotopic (exact) mass is 303 g/mol. The molecule has 2 aromatic rings. The quantitative estimate of drug-likeness (QED) is 0.527. The van der Waals surface area contributed by atoms with Crippen LogP contribution in [0.25, 0.3) is 6.08 Å². The molecule has 116 valence electrons. The predicted molar refractivity (Wildman–Crippen MR) is 93.6 cm³/mol. The molecule has 0 heterocycles. The van der Waals surface area contributed by atoms with Gasteiger partial charge in [0.15, 0.2) is 0 Å². The minimum Gasteiger partial charge on any atom is -0.352 e. The van der Waals surface area contributed by atoms with Crippen molar-refractivity contribution in [1.82, 2.24) is 0 Å². The highest BCUT2D eigenvalue weighted by Crippen LogP contribution is 2.27. The Bertz CT molecular complexity index is 694. The minimum atomic E-state index is -1.10. The number of unbranched alkanes of at least 4 members (excludes halogenated alkanes) is 1. The van der Waals surface area contributed by atoms with Crippen molar-refractivity contribution in [1.29, 1.82) is 5.26 Å². The normalized spacial score (nSPS) is 12.5. The van der Waals surface area contributed by atoms with Gasteiger partial charge in [0.2, 0.25) is 5.60 Å². The van der Waals surface area contributed by atoms with Crippen LogP contribution in [0.4, 0.5) is 0 Å². The Labute approximate surface area is 138 Å². The van der Waals surface area contributed by atoms with Gasteiger partial charge in [-0.15, -0.1) is 5.73 Å². The summed E-state index contributed by atoms with van der Waals surface area (Å²) in [5.41, 5.74) is 3.89. The van der Waals surface area contributed by atoms with E-state index in [0.717, 1.165) is 24.0 Å². The van der Waals surface area contributed by atoms with Crippen molar-refractivity contribution in [2.24, 2.45) is 0 Å². The van der Waals surface area contributed by atoms with E-state index in [9.17, 15) is 5.26 Å². The molecule has 23 heavy (non-hydrogen) atoms. The molecular weight excluding hydrogens is 282 g/mol. The third kappa shape index (κ3) is 4.69. The van der Waals surface area contributed by atoms with E-state index >= 15 is 0 Å². The number of ether oxygens (including phenoxy) is 1. The van der Waals surface area contributed by atoms with E-state index in [0.29, 0.717) is 6.61 Å². The Morgan fingerprint density at radius 3 is 2.30 bits per heavy atom. The van der Waals surface area contributed by atoms with Gasteiger partial charge in [0.05, 0.1) is 0 Å². The third-order valence-electron chi connectivity index (χ3n) is 3.53. The van der Waals surface area contributed by atoms with Gasteiger partial charge in [0.1, 0.15) is 6.07 Å². The van der Waals surface area contributed by atoms with Crippen LogP contribution in [0.1, 0.15) is 30.9 Å². The Hall–Kier alpha value is -2.59. The summed E-state index contributed by atoms with van der Waals surface area (Å²) in [4.78, 5) is 0. The van der Waals surface area contributed by atoms with Crippen molar-refractivity contribution in [3.8, 4) is 6.07 Å². The van der Waals surface area contributed by atoms with Crippen molar-refractivity contribution in [3.63, 3.8) is 0 Å². The van der Waals surface area contributed by atoms with E-state index in [1.165, 1.54) is 0 Å². The van der Waals surface area contributed by atoms with Gasteiger partial charge in [-0.05, 0) is 18.1 Å². The lowest BCUT2D eigenvalue weighted by molar-refractivity contribution is 0.0290. The van der Waals surface area contributed by atoms with Gasteiger partial charge in [0.25, 0.3) is 0 Å². The number of nitrogens with zero attached hydrogens (tertiary/aromatic N) is 1. The van der Waals surface area contributed by atoms with Crippen LogP contribution in [0.2, 0.25) is 0 Å². The first kappa shape index (κ1) is 16.8. The molecule has 0 amide bonds. The Kier molecular flexibility index (Phi) is 6.39. The lowest BCUT2D eigenvalue weighted by Gasteiger charge is -2.23. The van der Waals surface area contributed by atoms with E-state index in [2.05, 4.69) is 18.7 Å². The summed E-state index contributed by atoms with van der Waals surface area (Å²) in [7, 11) is 0. The van der Waals surface area contributed by atoms with Gasteiger partial charge in [-0.1, -0.05) is 74.0 Å². The van der Waals surface area contributed by atoms with E-state index in [-0.39, 0.29) is 0 Å². The molecule has 0 radical (unpaired) electrons. The zero-order chi connectivity index (χ0) is 16.4. The summed E-state index contributed by atoms with van der Waals surface area (Å²) in [5.74, 6) is 0. The second-order valence-electron chi connectivity index (χ2n) is 5.28. The highest BCUT2D eigenvalue weighted by molar-refractivity contribution is 5.49. The van der Waals surface area contributed by atoms with Gasteiger partial charge < -0.3 is 4.74 Å². The van der Waals surface area contributed by atoms with Crippen LogP contribution in [-0.2, 0) is 10.3 Å². The van der Waals surface area contributed by atoms with Crippen LogP contribution in [0.3, 0.4) is 0 Å². The molecule has 0 saturated carbocycles. The maximum atomic E-state index is 9.77. The first-order valence-corrected chi connectivity index (χ1v) is 7.90. The molecule has 2 heteroatoms. The average Bonchev–Trinajstić information content (AvgIpc) is 2.62. The standard InChI is InChI=1S/C21H21NO/c1-2-3-17-23-21(18-22,20-14-8-5-9-15-20)16-10-13-19-11-6-4-7-12-19/h4-9,11-16H,2-3,17H2,1H3. The zero-order valence-electron chi connectivity index (χ0n) is 13.4. The Morgan fingerprint density at radius 1 is 1.04 bits per heavy atom. The molecule has 0 spiro atoms. The Balaban J connectivity index is 2.33. The molecule has 0 aliphatic heterocycles. The molecular formula is C21H21NO. The molecule has 0 bridgehead atoms. The number of nitriles is 1. The maximum Gasteiger partial charge on any atom is 0.205 e. The van der Waals surface area contributed by atoms with E-state index in [1.807, 2.05) is 66.7 Å². The van der Waals surface area contributed by atoms with E-state index in [1.54, 1.807) is 6.08 Å². The lowest BCUT2D eigenvalue weighted by Crippen LogP contribution is -2.25. The number of benzene rings is 2. The number of hydrogen-bond acceptors (Lipinski definition) is 2. The molecule has 0 aromatic heterocycles. The van der Waals surface area contributed by atoms with Gasteiger partial charge in [-0.3, -0.25) is 0 Å². The van der Waals surface area contributed by atoms with Gasteiger partial charge >= 0.3 is 0 Å². The van der Waals surface area contributed by atoms with Crippen LogP contribution in [-0.4, -0.2) is 6.61 Å². The molecule has 0 aliphatic rings. The third-order valence-corrected chi connectivity index (χ3v) is 3.53. The predicted octanol–water partition coefficient (Wildman–Crippen LogP) is 5.09. The second kappa shape index (κ2) is 8.76. The SMILES string of the molecule is CCCCOC(C#N)(C=C=Cc1ccccc1)c1ccccc1. The molecule has 0 N–H and O–H groups in total. The largest absolute Gasteiger partial charge is 0.352 e. The van der Waals surface area contributed by atoms with E-state index in [4.69, 9.17) is 4.74 Å². The fourth-order valence-electron chi connectivity index (χ4n) is 2.21. The first-order chi connectivity index (χ1) is 11.3. The van der Waals surface area contributed by atoms with Gasteiger partial charge in [-0.2, -0.15) is 5.26 Å².